The first kappa shape index (κ1) is 23.3. The number of nitrogens with one attached hydrogen (secondary N) is 1. The minimum absolute atomic E-state index is 0.0893. The number of amides is 2. The van der Waals surface area contributed by atoms with Crippen LogP contribution in [0.25, 0.3) is 33.6 Å². The lowest BCUT2D eigenvalue weighted by atomic mass is 9.97. The molecule has 4 aromatic rings. The number of carbonyl (C=O) groups excluding carboxylic acids is 1. The van der Waals surface area contributed by atoms with E-state index in [1.54, 1.807) is 18.9 Å². The van der Waals surface area contributed by atoms with Gasteiger partial charge in [-0.05, 0) is 61.9 Å². The zero-order chi connectivity index (χ0) is 25.8. The van der Waals surface area contributed by atoms with Crippen LogP contribution in [-0.4, -0.2) is 67.4 Å². The van der Waals surface area contributed by atoms with Crippen molar-refractivity contribution in [2.75, 3.05) is 20.2 Å². The number of ether oxygens (including phenoxy) is 1. The highest BCUT2D eigenvalue weighted by Crippen LogP contribution is 2.37. The number of pyridine rings is 1. The van der Waals surface area contributed by atoms with E-state index in [4.69, 9.17) is 19.8 Å². The lowest BCUT2D eigenvalue weighted by Crippen LogP contribution is -2.46. The van der Waals surface area contributed by atoms with E-state index >= 15 is 0 Å². The molecule has 2 N–H and O–H groups in total. The third-order valence-electron chi connectivity index (χ3n) is 7.43. The first-order chi connectivity index (χ1) is 17.8. The number of aromatic nitrogens is 4. The second kappa shape index (κ2) is 8.79. The van der Waals surface area contributed by atoms with Gasteiger partial charge in [-0.1, -0.05) is 0 Å². The molecule has 4 heterocycles. The van der Waals surface area contributed by atoms with E-state index in [1.165, 1.54) is 12.8 Å². The van der Waals surface area contributed by atoms with Gasteiger partial charge in [0.1, 0.15) is 5.65 Å². The number of hydrogen-bond donors (Lipinski definition) is 2. The van der Waals surface area contributed by atoms with Gasteiger partial charge in [0.05, 0.1) is 23.8 Å². The Morgan fingerprint density at radius 2 is 2.05 bits per heavy atom. The second-order valence-corrected chi connectivity index (χ2v) is 10.2. The zero-order valence-corrected chi connectivity index (χ0v) is 21.2. The Morgan fingerprint density at radius 3 is 2.78 bits per heavy atom. The minimum Gasteiger partial charge on any atom is -0.481 e. The summed E-state index contributed by atoms with van der Waals surface area (Å²) < 4.78 is 9.74. The van der Waals surface area contributed by atoms with Crippen LogP contribution in [0.15, 0.2) is 30.3 Å². The summed E-state index contributed by atoms with van der Waals surface area (Å²) in [7, 11) is 3.64. The number of imidazole rings is 1. The topological polar surface area (TPSA) is 115 Å². The summed E-state index contributed by atoms with van der Waals surface area (Å²) in [6.07, 6.45) is 2.06. The largest absolute Gasteiger partial charge is 0.481 e. The molecule has 1 atom stereocenters. The predicted octanol–water partition coefficient (Wildman–Crippen LogP) is 3.66. The standard InChI is InChI=1S/C27H30N6O4/c1-15(28-27(35)36)13-32-9-8-17-10-21-20(12-19(17)26(32)34)29-25(31(21)2)22-11-18-6-7-23(37-3)30-24(18)33(22)14-16-4-5-16/h6-7,10-12,15-16,28H,4-5,8-9,13-14H2,1-3H3,(H,35,36)/t15-/m1/s1. The van der Waals surface area contributed by atoms with Crippen molar-refractivity contribution in [2.24, 2.45) is 13.0 Å². The van der Waals surface area contributed by atoms with Crippen LogP contribution in [0.3, 0.4) is 0 Å². The van der Waals surface area contributed by atoms with E-state index in [-0.39, 0.29) is 11.9 Å². The molecule has 0 unspecified atom stereocenters. The zero-order valence-electron chi connectivity index (χ0n) is 21.2. The van der Waals surface area contributed by atoms with Crippen LogP contribution in [0, 0.1) is 5.92 Å². The number of aryl methyl sites for hydroxylation is 1. The molecule has 0 spiro atoms. The predicted molar refractivity (Wildman–Crippen MR) is 139 cm³/mol. The molecule has 0 bridgehead atoms. The van der Waals surface area contributed by atoms with Crippen LogP contribution in [-0.2, 0) is 20.0 Å². The molecule has 1 fully saturated rings. The van der Waals surface area contributed by atoms with E-state index in [2.05, 4.69) is 26.6 Å². The summed E-state index contributed by atoms with van der Waals surface area (Å²) in [4.78, 5) is 35.7. The summed E-state index contributed by atoms with van der Waals surface area (Å²) in [5.41, 5.74) is 5.26. The van der Waals surface area contributed by atoms with E-state index in [1.807, 2.05) is 25.2 Å². The summed E-state index contributed by atoms with van der Waals surface area (Å²) >= 11 is 0. The molecule has 0 radical (unpaired) electrons. The van der Waals surface area contributed by atoms with Crippen molar-refractivity contribution in [2.45, 2.75) is 38.8 Å². The van der Waals surface area contributed by atoms with Gasteiger partial charge in [0, 0.05) is 49.7 Å². The van der Waals surface area contributed by atoms with Crippen LogP contribution in [0.5, 0.6) is 5.88 Å². The molecule has 6 rings (SSSR count). The van der Waals surface area contributed by atoms with Gasteiger partial charge in [-0.25, -0.2) is 9.78 Å². The molecule has 2 aliphatic rings. The average molecular weight is 503 g/mol. The number of benzene rings is 1. The fraction of sp³-hybridized carbons (Fsp3) is 0.407. The Kier molecular flexibility index (Phi) is 5.54. The minimum atomic E-state index is -1.09. The first-order valence-electron chi connectivity index (χ1n) is 12.6. The van der Waals surface area contributed by atoms with Crippen molar-refractivity contribution in [3.05, 3.63) is 41.5 Å². The van der Waals surface area contributed by atoms with E-state index in [9.17, 15) is 9.59 Å². The molecule has 1 aliphatic carbocycles. The monoisotopic (exact) mass is 502 g/mol. The summed E-state index contributed by atoms with van der Waals surface area (Å²) in [5, 5.41) is 12.4. The van der Waals surface area contributed by atoms with Gasteiger partial charge >= 0.3 is 6.09 Å². The maximum Gasteiger partial charge on any atom is 0.404 e. The molecular formula is C27H30N6O4. The van der Waals surface area contributed by atoms with Gasteiger partial charge in [0.25, 0.3) is 5.91 Å². The molecule has 10 heteroatoms. The Morgan fingerprint density at radius 1 is 1.24 bits per heavy atom. The van der Waals surface area contributed by atoms with Crippen LogP contribution in [0.2, 0.25) is 0 Å². The first-order valence-corrected chi connectivity index (χ1v) is 12.6. The third kappa shape index (κ3) is 4.16. The highest BCUT2D eigenvalue weighted by molar-refractivity contribution is 6.00. The quantitative estimate of drug-likeness (QED) is 0.399. The molecule has 1 aliphatic heterocycles. The van der Waals surface area contributed by atoms with Crippen LogP contribution in [0.4, 0.5) is 4.79 Å². The molecule has 10 nitrogen and oxygen atoms in total. The van der Waals surface area contributed by atoms with Gasteiger partial charge in [-0.15, -0.1) is 0 Å². The second-order valence-electron chi connectivity index (χ2n) is 10.2. The lowest BCUT2D eigenvalue weighted by Gasteiger charge is -2.30. The van der Waals surface area contributed by atoms with Crippen molar-refractivity contribution >= 4 is 34.1 Å². The van der Waals surface area contributed by atoms with Gasteiger partial charge in [-0.3, -0.25) is 4.79 Å². The highest BCUT2D eigenvalue weighted by atomic mass is 16.5. The number of fused-ring (bicyclic) bond motifs is 3. The van der Waals surface area contributed by atoms with Crippen LogP contribution in [0.1, 0.15) is 35.7 Å². The molecular weight excluding hydrogens is 472 g/mol. The Balaban J connectivity index is 1.40. The van der Waals surface area contributed by atoms with Gasteiger partial charge < -0.3 is 29.2 Å². The van der Waals surface area contributed by atoms with Crippen LogP contribution < -0.4 is 10.1 Å². The Labute approximate surface area is 213 Å². The fourth-order valence-electron chi connectivity index (χ4n) is 5.36. The van der Waals surface area contributed by atoms with Crippen LogP contribution >= 0.6 is 0 Å². The average Bonchev–Trinajstić information content (AvgIpc) is 3.55. The normalized spacial score (nSPS) is 16.3. The Hall–Kier alpha value is -4.08. The number of nitrogens with zero attached hydrogens (tertiary/aromatic N) is 5. The maximum absolute atomic E-state index is 13.3. The van der Waals surface area contributed by atoms with E-state index in [0.29, 0.717) is 36.9 Å². The van der Waals surface area contributed by atoms with Gasteiger partial charge in [-0.2, -0.15) is 4.98 Å². The molecule has 0 saturated heterocycles. The van der Waals surface area contributed by atoms with E-state index in [0.717, 1.165) is 45.7 Å². The van der Waals surface area contributed by atoms with E-state index < -0.39 is 6.09 Å². The highest BCUT2D eigenvalue weighted by Gasteiger charge is 2.29. The lowest BCUT2D eigenvalue weighted by molar-refractivity contribution is 0.0723. The van der Waals surface area contributed by atoms with Gasteiger partial charge in [0.15, 0.2) is 5.82 Å². The third-order valence-corrected chi connectivity index (χ3v) is 7.43. The summed E-state index contributed by atoms with van der Waals surface area (Å²) in [6.45, 7) is 3.52. The van der Waals surface area contributed by atoms with Crippen molar-refractivity contribution < 1.29 is 19.4 Å². The molecule has 1 saturated carbocycles. The number of rotatable bonds is 7. The Bertz CT molecular complexity index is 1550. The number of hydrogen-bond acceptors (Lipinski definition) is 5. The van der Waals surface area contributed by atoms with Crippen molar-refractivity contribution in [1.82, 2.24) is 29.3 Å². The molecule has 1 aromatic carbocycles. The molecule has 192 valence electrons. The maximum atomic E-state index is 13.3. The smallest absolute Gasteiger partial charge is 0.404 e. The number of carboxylic acid groups (broad SMARTS) is 1. The van der Waals surface area contributed by atoms with Gasteiger partial charge in [0.2, 0.25) is 5.88 Å². The summed E-state index contributed by atoms with van der Waals surface area (Å²) in [5.74, 6) is 1.97. The molecule has 37 heavy (non-hydrogen) atoms. The number of methoxy groups -OCH3 is 1. The fourth-order valence-corrected chi connectivity index (χ4v) is 5.36. The number of carbonyl (C=O) groups is 2. The SMILES string of the molecule is COc1ccc2cc(-c3nc4cc5c(cc4n3C)CCN(C[C@@H](C)NC(=O)O)C5=O)n(CC3CC3)c2n1. The molecule has 2 amide bonds. The van der Waals surface area contributed by atoms with Crippen molar-refractivity contribution in [3.63, 3.8) is 0 Å². The molecule has 3 aromatic heterocycles. The van der Waals surface area contributed by atoms with Crippen molar-refractivity contribution in [1.29, 1.82) is 0 Å². The van der Waals surface area contributed by atoms with Crippen molar-refractivity contribution in [3.8, 4) is 17.4 Å². The summed E-state index contributed by atoms with van der Waals surface area (Å²) in [6, 6.07) is 9.64.